The summed E-state index contributed by atoms with van der Waals surface area (Å²) in [5.74, 6) is 0. The molecule has 23 heavy (non-hydrogen) atoms. The predicted molar refractivity (Wildman–Crippen MR) is 90.9 cm³/mol. The number of amides is 2. The number of ether oxygens (including phenoxy) is 1. The van der Waals surface area contributed by atoms with E-state index in [0.717, 1.165) is 18.4 Å². The zero-order valence-corrected chi connectivity index (χ0v) is 14.2. The standard InChI is InChI=1S/C17H25ClN2O3/c1-13(5-8-21)20-16(22)19-12-17(6-9-23-10-7-17)14-3-2-4-15(18)11-14/h2-4,11,13,21H,5-10,12H2,1H3,(H2,19,20,22)/t13-/m1/s1. The van der Waals surface area contributed by atoms with Crippen molar-refractivity contribution < 1.29 is 14.6 Å². The first-order valence-corrected chi connectivity index (χ1v) is 8.42. The van der Waals surface area contributed by atoms with E-state index in [1.807, 2.05) is 25.1 Å². The number of urea groups is 1. The van der Waals surface area contributed by atoms with Gasteiger partial charge >= 0.3 is 6.03 Å². The number of carbonyl (C=O) groups excluding carboxylic acids is 1. The first-order chi connectivity index (χ1) is 11.1. The lowest BCUT2D eigenvalue weighted by atomic mass is 9.74. The molecule has 0 aromatic heterocycles. The lowest BCUT2D eigenvalue weighted by Crippen LogP contribution is -2.49. The van der Waals surface area contributed by atoms with Crippen LogP contribution in [0, 0.1) is 0 Å². The minimum Gasteiger partial charge on any atom is -0.396 e. The van der Waals surface area contributed by atoms with E-state index in [4.69, 9.17) is 21.4 Å². The molecule has 0 radical (unpaired) electrons. The predicted octanol–water partition coefficient (Wildman–Crippen LogP) is 2.46. The summed E-state index contributed by atoms with van der Waals surface area (Å²) < 4.78 is 5.49. The second kappa shape index (κ2) is 8.52. The van der Waals surface area contributed by atoms with Gasteiger partial charge in [-0.15, -0.1) is 0 Å². The molecule has 1 aliphatic heterocycles. The Labute approximate surface area is 142 Å². The van der Waals surface area contributed by atoms with Crippen LogP contribution in [0.1, 0.15) is 31.7 Å². The molecule has 0 unspecified atom stereocenters. The van der Waals surface area contributed by atoms with E-state index in [1.54, 1.807) is 0 Å². The third-order valence-electron chi connectivity index (χ3n) is 4.41. The van der Waals surface area contributed by atoms with Crippen LogP contribution in [0.3, 0.4) is 0 Å². The van der Waals surface area contributed by atoms with Gasteiger partial charge in [-0.05, 0) is 43.9 Å². The van der Waals surface area contributed by atoms with Crippen LogP contribution in [0.5, 0.6) is 0 Å². The summed E-state index contributed by atoms with van der Waals surface area (Å²) in [6.45, 7) is 3.82. The number of rotatable bonds is 6. The van der Waals surface area contributed by atoms with E-state index in [9.17, 15) is 4.79 Å². The molecule has 1 saturated heterocycles. The van der Waals surface area contributed by atoms with Crippen molar-refractivity contribution >= 4 is 17.6 Å². The van der Waals surface area contributed by atoms with Gasteiger partial charge in [-0.3, -0.25) is 0 Å². The molecule has 1 aliphatic rings. The Morgan fingerprint density at radius 1 is 1.43 bits per heavy atom. The molecule has 1 atom stereocenters. The summed E-state index contributed by atoms with van der Waals surface area (Å²) in [5, 5.41) is 15.4. The topological polar surface area (TPSA) is 70.6 Å². The van der Waals surface area contributed by atoms with Gasteiger partial charge in [0.2, 0.25) is 0 Å². The zero-order valence-electron chi connectivity index (χ0n) is 13.5. The quantitative estimate of drug-likeness (QED) is 0.745. The van der Waals surface area contributed by atoms with Gasteiger partial charge in [-0.25, -0.2) is 4.79 Å². The number of hydrogen-bond donors (Lipinski definition) is 3. The lowest BCUT2D eigenvalue weighted by Gasteiger charge is -2.38. The van der Waals surface area contributed by atoms with Crippen molar-refractivity contribution in [1.29, 1.82) is 0 Å². The van der Waals surface area contributed by atoms with Gasteiger partial charge in [0, 0.05) is 42.8 Å². The van der Waals surface area contributed by atoms with E-state index in [1.165, 1.54) is 0 Å². The van der Waals surface area contributed by atoms with E-state index in [-0.39, 0.29) is 24.1 Å². The molecule has 1 aromatic carbocycles. The van der Waals surface area contributed by atoms with Crippen molar-refractivity contribution in [2.45, 2.75) is 37.6 Å². The van der Waals surface area contributed by atoms with Crippen molar-refractivity contribution in [3.05, 3.63) is 34.9 Å². The maximum absolute atomic E-state index is 12.1. The molecular weight excluding hydrogens is 316 g/mol. The number of aliphatic hydroxyl groups excluding tert-OH is 1. The zero-order chi connectivity index (χ0) is 16.7. The first-order valence-electron chi connectivity index (χ1n) is 8.05. The fourth-order valence-electron chi connectivity index (χ4n) is 2.94. The molecule has 2 rings (SSSR count). The maximum Gasteiger partial charge on any atom is 0.315 e. The smallest absolute Gasteiger partial charge is 0.315 e. The van der Waals surface area contributed by atoms with Crippen molar-refractivity contribution in [3.63, 3.8) is 0 Å². The first kappa shape index (κ1) is 18.0. The van der Waals surface area contributed by atoms with Crippen LogP contribution < -0.4 is 10.6 Å². The average molecular weight is 341 g/mol. The Kier molecular flexibility index (Phi) is 6.69. The molecule has 3 N–H and O–H groups in total. The van der Waals surface area contributed by atoms with Crippen LogP contribution in [-0.2, 0) is 10.2 Å². The Morgan fingerprint density at radius 2 is 2.17 bits per heavy atom. The van der Waals surface area contributed by atoms with E-state index in [2.05, 4.69) is 16.7 Å². The van der Waals surface area contributed by atoms with Crippen molar-refractivity contribution in [2.24, 2.45) is 0 Å². The van der Waals surface area contributed by atoms with Crippen molar-refractivity contribution in [2.75, 3.05) is 26.4 Å². The fourth-order valence-corrected chi connectivity index (χ4v) is 3.13. The Hall–Kier alpha value is -1.30. The van der Waals surface area contributed by atoms with Crippen LogP contribution in [0.15, 0.2) is 24.3 Å². The molecule has 1 heterocycles. The summed E-state index contributed by atoms with van der Waals surface area (Å²) in [7, 11) is 0. The van der Waals surface area contributed by atoms with Crippen LogP contribution in [0.4, 0.5) is 4.79 Å². The fraction of sp³-hybridized carbons (Fsp3) is 0.588. The lowest BCUT2D eigenvalue weighted by molar-refractivity contribution is 0.0506. The molecule has 0 aliphatic carbocycles. The highest BCUT2D eigenvalue weighted by atomic mass is 35.5. The Balaban J connectivity index is 2.03. The van der Waals surface area contributed by atoms with Crippen LogP contribution >= 0.6 is 11.6 Å². The van der Waals surface area contributed by atoms with Crippen molar-refractivity contribution in [3.8, 4) is 0 Å². The van der Waals surface area contributed by atoms with Gasteiger partial charge in [-0.1, -0.05) is 23.7 Å². The minimum absolute atomic E-state index is 0.0585. The molecule has 0 spiro atoms. The van der Waals surface area contributed by atoms with E-state index < -0.39 is 0 Å². The van der Waals surface area contributed by atoms with Crippen LogP contribution in [0.25, 0.3) is 0 Å². The molecule has 5 nitrogen and oxygen atoms in total. The third-order valence-corrected chi connectivity index (χ3v) is 4.65. The number of hydrogen-bond acceptors (Lipinski definition) is 3. The summed E-state index contributed by atoms with van der Waals surface area (Å²) in [6, 6.07) is 7.56. The molecule has 1 fully saturated rings. The number of benzene rings is 1. The summed E-state index contributed by atoms with van der Waals surface area (Å²) in [5.41, 5.74) is 0.984. The molecule has 0 bridgehead atoms. The molecule has 2 amide bonds. The molecule has 0 saturated carbocycles. The van der Waals surface area contributed by atoms with Gasteiger partial charge in [0.1, 0.15) is 0 Å². The SMILES string of the molecule is C[C@H](CCO)NC(=O)NCC1(c2cccc(Cl)c2)CCOCC1. The highest BCUT2D eigenvalue weighted by Crippen LogP contribution is 2.35. The minimum atomic E-state index is -0.209. The second-order valence-corrected chi connectivity index (χ2v) is 6.58. The number of aliphatic hydroxyl groups is 1. The summed E-state index contributed by atoms with van der Waals surface area (Å²) in [6.07, 6.45) is 2.24. The molecule has 1 aromatic rings. The summed E-state index contributed by atoms with van der Waals surface area (Å²) >= 11 is 6.14. The molecular formula is C17H25ClN2O3. The number of carbonyl (C=O) groups is 1. The van der Waals surface area contributed by atoms with Crippen LogP contribution in [-0.4, -0.2) is 43.5 Å². The largest absolute Gasteiger partial charge is 0.396 e. The monoisotopic (exact) mass is 340 g/mol. The van der Waals surface area contributed by atoms with Crippen molar-refractivity contribution in [1.82, 2.24) is 10.6 Å². The summed E-state index contributed by atoms with van der Waals surface area (Å²) in [4.78, 5) is 12.1. The van der Waals surface area contributed by atoms with E-state index in [0.29, 0.717) is 31.2 Å². The van der Waals surface area contributed by atoms with Gasteiger partial charge < -0.3 is 20.5 Å². The maximum atomic E-state index is 12.1. The highest BCUT2D eigenvalue weighted by molar-refractivity contribution is 6.30. The van der Waals surface area contributed by atoms with Gasteiger partial charge in [0.05, 0.1) is 0 Å². The Morgan fingerprint density at radius 3 is 2.83 bits per heavy atom. The van der Waals surface area contributed by atoms with Gasteiger partial charge in [-0.2, -0.15) is 0 Å². The van der Waals surface area contributed by atoms with E-state index >= 15 is 0 Å². The number of halogens is 1. The number of nitrogens with one attached hydrogen (secondary N) is 2. The third kappa shape index (κ3) is 5.09. The second-order valence-electron chi connectivity index (χ2n) is 6.14. The highest BCUT2D eigenvalue weighted by Gasteiger charge is 2.35. The molecule has 6 heteroatoms. The van der Waals surface area contributed by atoms with Gasteiger partial charge in [0.25, 0.3) is 0 Å². The average Bonchev–Trinajstić information content (AvgIpc) is 2.54. The molecule has 128 valence electrons. The normalized spacial score (nSPS) is 18.2. The van der Waals surface area contributed by atoms with Crippen LogP contribution in [0.2, 0.25) is 5.02 Å². The Bertz CT molecular complexity index is 518. The van der Waals surface area contributed by atoms with Gasteiger partial charge in [0.15, 0.2) is 0 Å².